The Morgan fingerprint density at radius 3 is 2.70 bits per heavy atom. The minimum Gasteiger partial charge on any atom is -0.370 e. The molecular formula is C16H20N4. The molecule has 104 valence electrons. The lowest BCUT2D eigenvalue weighted by Crippen LogP contribution is -2.27. The Morgan fingerprint density at radius 1 is 1.05 bits per heavy atom. The first kappa shape index (κ1) is 13.1. The summed E-state index contributed by atoms with van der Waals surface area (Å²) in [6, 6.07) is 10.5. The second kappa shape index (κ2) is 6.01. The molecule has 0 amide bonds. The van der Waals surface area contributed by atoms with Crippen molar-refractivity contribution in [1.29, 1.82) is 0 Å². The predicted molar refractivity (Wildman–Crippen MR) is 81.9 cm³/mol. The molecule has 0 saturated carbocycles. The summed E-state index contributed by atoms with van der Waals surface area (Å²) >= 11 is 0. The van der Waals surface area contributed by atoms with E-state index >= 15 is 0 Å². The van der Waals surface area contributed by atoms with Crippen LogP contribution in [0.4, 0.5) is 5.69 Å². The monoisotopic (exact) mass is 268 g/mol. The van der Waals surface area contributed by atoms with Gasteiger partial charge in [0.2, 0.25) is 0 Å². The Bertz CT molecular complexity index is 557. The molecule has 2 aromatic rings. The lowest BCUT2D eigenvalue weighted by Gasteiger charge is -2.22. The molecule has 0 unspecified atom stereocenters. The third kappa shape index (κ3) is 2.96. The fraction of sp³-hybridized carbons (Fsp3) is 0.375. The van der Waals surface area contributed by atoms with Crippen LogP contribution < -0.4 is 10.2 Å². The Balaban J connectivity index is 1.80. The third-order valence-electron chi connectivity index (χ3n) is 3.63. The normalized spacial score (nSPS) is 15.9. The summed E-state index contributed by atoms with van der Waals surface area (Å²) in [5.41, 5.74) is 3.35. The molecule has 4 heteroatoms. The number of hydrogen-bond donors (Lipinski definition) is 1. The molecular weight excluding hydrogens is 248 g/mol. The van der Waals surface area contributed by atoms with Crippen molar-refractivity contribution in [3.05, 3.63) is 42.2 Å². The first-order chi connectivity index (χ1) is 9.83. The van der Waals surface area contributed by atoms with Gasteiger partial charge in [-0.3, -0.25) is 0 Å². The third-order valence-corrected chi connectivity index (χ3v) is 3.63. The van der Waals surface area contributed by atoms with Gasteiger partial charge in [0.15, 0.2) is 5.82 Å². The lowest BCUT2D eigenvalue weighted by atomic mass is 10.1. The van der Waals surface area contributed by atoms with E-state index in [1.165, 1.54) is 12.1 Å². The van der Waals surface area contributed by atoms with E-state index < -0.39 is 0 Å². The Labute approximate surface area is 119 Å². The molecule has 0 spiro atoms. The van der Waals surface area contributed by atoms with Gasteiger partial charge in [0.1, 0.15) is 0 Å². The molecule has 4 nitrogen and oxygen atoms in total. The van der Waals surface area contributed by atoms with Crippen molar-refractivity contribution in [3.63, 3.8) is 0 Å². The minimum absolute atomic E-state index is 0.800. The number of rotatable bonds is 2. The number of benzene rings is 1. The molecule has 0 aliphatic carbocycles. The van der Waals surface area contributed by atoms with E-state index in [1.54, 1.807) is 0 Å². The predicted octanol–water partition coefficient (Wildman–Crippen LogP) is 2.25. The highest BCUT2D eigenvalue weighted by Gasteiger charge is 2.09. The van der Waals surface area contributed by atoms with Gasteiger partial charge >= 0.3 is 0 Å². The maximum absolute atomic E-state index is 4.47. The van der Waals surface area contributed by atoms with Crippen molar-refractivity contribution >= 4 is 5.69 Å². The molecule has 0 atom stereocenters. The fourth-order valence-corrected chi connectivity index (χ4v) is 2.51. The van der Waals surface area contributed by atoms with Gasteiger partial charge in [-0.05, 0) is 50.2 Å². The van der Waals surface area contributed by atoms with E-state index in [9.17, 15) is 0 Å². The van der Waals surface area contributed by atoms with E-state index in [4.69, 9.17) is 0 Å². The molecule has 3 rings (SSSR count). The molecule has 1 aliphatic rings. The summed E-state index contributed by atoms with van der Waals surface area (Å²) in [5, 5.41) is 3.43. The molecule has 1 fully saturated rings. The second-order valence-corrected chi connectivity index (χ2v) is 5.16. The average Bonchev–Trinajstić information content (AvgIpc) is 2.76. The van der Waals surface area contributed by atoms with Crippen LogP contribution in [0, 0.1) is 6.92 Å². The Hall–Kier alpha value is -1.94. The average molecular weight is 268 g/mol. The van der Waals surface area contributed by atoms with Gasteiger partial charge in [0, 0.05) is 42.8 Å². The molecule has 1 aromatic heterocycles. The van der Waals surface area contributed by atoms with Crippen molar-refractivity contribution in [2.24, 2.45) is 0 Å². The van der Waals surface area contributed by atoms with Crippen molar-refractivity contribution in [3.8, 4) is 11.4 Å². The lowest BCUT2D eigenvalue weighted by molar-refractivity contribution is 0.724. The van der Waals surface area contributed by atoms with Crippen LogP contribution in [0.5, 0.6) is 0 Å². The van der Waals surface area contributed by atoms with E-state index in [0.29, 0.717) is 0 Å². The zero-order valence-electron chi connectivity index (χ0n) is 11.8. The largest absolute Gasteiger partial charge is 0.370 e. The molecule has 1 aliphatic heterocycles. The van der Waals surface area contributed by atoms with Gasteiger partial charge in [-0.25, -0.2) is 9.97 Å². The van der Waals surface area contributed by atoms with E-state index in [-0.39, 0.29) is 0 Å². The Kier molecular flexibility index (Phi) is 3.92. The van der Waals surface area contributed by atoms with Crippen molar-refractivity contribution in [2.75, 3.05) is 31.1 Å². The number of anilines is 1. The summed E-state index contributed by atoms with van der Waals surface area (Å²) < 4.78 is 0. The van der Waals surface area contributed by atoms with Crippen LogP contribution in [0.25, 0.3) is 11.4 Å². The highest BCUT2D eigenvalue weighted by atomic mass is 15.2. The number of nitrogens with one attached hydrogen (secondary N) is 1. The molecule has 0 radical (unpaired) electrons. The first-order valence-electron chi connectivity index (χ1n) is 7.19. The van der Waals surface area contributed by atoms with E-state index in [0.717, 1.165) is 43.3 Å². The zero-order chi connectivity index (χ0) is 13.8. The molecule has 1 saturated heterocycles. The highest BCUT2D eigenvalue weighted by Crippen LogP contribution is 2.21. The van der Waals surface area contributed by atoms with Gasteiger partial charge in [0.25, 0.3) is 0 Å². The highest BCUT2D eigenvalue weighted by molar-refractivity contribution is 5.60. The van der Waals surface area contributed by atoms with E-state index in [2.05, 4.69) is 44.5 Å². The van der Waals surface area contributed by atoms with Gasteiger partial charge in [-0.2, -0.15) is 0 Å². The van der Waals surface area contributed by atoms with Crippen LogP contribution >= 0.6 is 0 Å². The summed E-state index contributed by atoms with van der Waals surface area (Å²) in [5.74, 6) is 0.800. The molecule has 0 bridgehead atoms. The van der Waals surface area contributed by atoms with Crippen LogP contribution in [0.15, 0.2) is 36.5 Å². The van der Waals surface area contributed by atoms with Crippen LogP contribution in [-0.4, -0.2) is 36.1 Å². The van der Waals surface area contributed by atoms with Gasteiger partial charge in [0.05, 0.1) is 0 Å². The summed E-state index contributed by atoms with van der Waals surface area (Å²) in [6.45, 7) is 6.35. The number of aromatic nitrogens is 2. The molecule has 1 N–H and O–H groups in total. The van der Waals surface area contributed by atoms with Crippen molar-refractivity contribution < 1.29 is 0 Å². The van der Waals surface area contributed by atoms with Gasteiger partial charge in [-0.15, -0.1) is 0 Å². The SMILES string of the molecule is Cc1ccnc(-c2ccc(N3CCCNCC3)cc2)n1. The fourth-order valence-electron chi connectivity index (χ4n) is 2.51. The first-order valence-corrected chi connectivity index (χ1v) is 7.19. The van der Waals surface area contributed by atoms with Crippen molar-refractivity contribution in [1.82, 2.24) is 15.3 Å². The standard InChI is InChI=1S/C16H20N4/c1-13-7-9-18-16(19-13)14-3-5-15(6-4-14)20-11-2-8-17-10-12-20/h3-7,9,17H,2,8,10-12H2,1H3. The zero-order valence-corrected chi connectivity index (χ0v) is 11.8. The van der Waals surface area contributed by atoms with Crippen molar-refractivity contribution in [2.45, 2.75) is 13.3 Å². The molecule has 1 aromatic carbocycles. The minimum atomic E-state index is 0.800. The summed E-state index contributed by atoms with van der Waals surface area (Å²) in [4.78, 5) is 11.2. The maximum Gasteiger partial charge on any atom is 0.159 e. The Morgan fingerprint density at radius 2 is 1.90 bits per heavy atom. The molecule has 2 heterocycles. The second-order valence-electron chi connectivity index (χ2n) is 5.16. The van der Waals surface area contributed by atoms with Gasteiger partial charge < -0.3 is 10.2 Å². The smallest absolute Gasteiger partial charge is 0.159 e. The number of aryl methyl sites for hydroxylation is 1. The molecule has 20 heavy (non-hydrogen) atoms. The number of hydrogen-bond acceptors (Lipinski definition) is 4. The van der Waals surface area contributed by atoms with Crippen LogP contribution in [0.1, 0.15) is 12.1 Å². The number of nitrogens with zero attached hydrogens (tertiary/aromatic N) is 3. The topological polar surface area (TPSA) is 41.1 Å². The maximum atomic E-state index is 4.47. The van der Waals surface area contributed by atoms with Crippen LogP contribution in [0.3, 0.4) is 0 Å². The van der Waals surface area contributed by atoms with E-state index in [1.807, 2.05) is 19.2 Å². The van der Waals surface area contributed by atoms with Gasteiger partial charge in [-0.1, -0.05) is 0 Å². The van der Waals surface area contributed by atoms with Crippen LogP contribution in [-0.2, 0) is 0 Å². The van der Waals surface area contributed by atoms with Crippen LogP contribution in [0.2, 0.25) is 0 Å². The summed E-state index contributed by atoms with van der Waals surface area (Å²) in [7, 11) is 0. The quantitative estimate of drug-likeness (QED) is 0.907. The summed E-state index contributed by atoms with van der Waals surface area (Å²) in [6.07, 6.45) is 3.01.